The molecule has 12 heteroatoms. The molecule has 0 aliphatic heterocycles. The maximum Gasteiger partial charge on any atom is 0.410 e. The fourth-order valence-electron chi connectivity index (χ4n) is 4.14. The van der Waals surface area contributed by atoms with Crippen molar-refractivity contribution in [3.8, 4) is 0 Å². The van der Waals surface area contributed by atoms with Gasteiger partial charge in [0.05, 0.1) is 19.8 Å². The average Bonchev–Trinajstić information content (AvgIpc) is 3.01. The van der Waals surface area contributed by atoms with E-state index in [0.29, 0.717) is 6.42 Å². The molecule has 46 heavy (non-hydrogen) atoms. The summed E-state index contributed by atoms with van der Waals surface area (Å²) < 4.78 is 26.0. The molecule has 2 N–H and O–H groups in total. The largest absolute Gasteiger partial charge is 0.462 e. The van der Waals surface area contributed by atoms with Crippen LogP contribution in [0.15, 0.2) is 43.0 Å². The van der Waals surface area contributed by atoms with Crippen LogP contribution < -0.4 is 0 Å². The van der Waals surface area contributed by atoms with Gasteiger partial charge in [-0.25, -0.2) is 4.79 Å². The predicted molar refractivity (Wildman–Crippen MR) is 172 cm³/mol. The van der Waals surface area contributed by atoms with E-state index in [2.05, 4.69) is 6.58 Å². The van der Waals surface area contributed by atoms with E-state index < -0.39 is 48.4 Å². The third kappa shape index (κ3) is 17.1. The number of nitrogens with zero attached hydrogens (tertiary/aromatic N) is 1. The van der Waals surface area contributed by atoms with Crippen LogP contribution in [0, 0.1) is 0 Å². The first-order valence-electron chi connectivity index (χ1n) is 15.5. The molecule has 0 bridgehead atoms. The van der Waals surface area contributed by atoms with Crippen LogP contribution in [-0.2, 0) is 44.5 Å². The highest BCUT2D eigenvalue weighted by molar-refractivity contribution is 5.74. The predicted octanol–water partition coefficient (Wildman–Crippen LogP) is 4.00. The van der Waals surface area contributed by atoms with Gasteiger partial charge >= 0.3 is 24.0 Å². The van der Waals surface area contributed by atoms with Gasteiger partial charge in [0.1, 0.15) is 18.3 Å². The van der Waals surface area contributed by atoms with Crippen LogP contribution in [-0.4, -0.2) is 104 Å². The van der Waals surface area contributed by atoms with E-state index >= 15 is 0 Å². The van der Waals surface area contributed by atoms with Gasteiger partial charge in [-0.15, -0.1) is 0 Å². The normalized spacial score (nSPS) is 12.9. The van der Waals surface area contributed by atoms with Gasteiger partial charge in [-0.3, -0.25) is 14.4 Å². The number of aliphatic hydroxyl groups excluding tert-OH is 2. The van der Waals surface area contributed by atoms with Crippen LogP contribution in [0.3, 0.4) is 0 Å². The van der Waals surface area contributed by atoms with Crippen molar-refractivity contribution in [1.82, 2.24) is 4.90 Å². The number of methoxy groups -OCH3 is 1. The summed E-state index contributed by atoms with van der Waals surface area (Å²) in [6.45, 7) is 10.1. The Labute approximate surface area is 272 Å². The number of allylic oxidation sites excluding steroid dienone is 3. The zero-order chi connectivity index (χ0) is 34.5. The lowest BCUT2D eigenvalue weighted by molar-refractivity contribution is -0.161. The van der Waals surface area contributed by atoms with E-state index in [1.54, 1.807) is 26.8 Å². The number of esters is 3. The summed E-state index contributed by atoms with van der Waals surface area (Å²) >= 11 is 0. The minimum atomic E-state index is -1.03. The van der Waals surface area contributed by atoms with Crippen molar-refractivity contribution in [1.29, 1.82) is 0 Å². The summed E-state index contributed by atoms with van der Waals surface area (Å²) in [7, 11) is 1.43. The molecule has 0 spiro atoms. The second-order valence-corrected chi connectivity index (χ2v) is 11.5. The summed E-state index contributed by atoms with van der Waals surface area (Å²) in [6, 6.07) is 7.79. The van der Waals surface area contributed by atoms with E-state index in [1.165, 1.54) is 12.0 Å². The molecule has 0 aliphatic rings. The second kappa shape index (κ2) is 21.9. The van der Waals surface area contributed by atoms with Crippen LogP contribution in [0.5, 0.6) is 0 Å². The summed E-state index contributed by atoms with van der Waals surface area (Å²) in [5.74, 6) is -1.65. The zero-order valence-corrected chi connectivity index (χ0v) is 27.8. The fourth-order valence-corrected chi connectivity index (χ4v) is 4.14. The number of aryl methyl sites for hydroxylation is 1. The standard InChI is InChI=1S/C34H51NO11/c1-7-26(8-2)27-16-13-25(14-17-27)15-18-30(38)43-24-29(22-37)45-32(40)12-10-20-35(33(41)46-34(3,4)5)19-9-11-31(39)44-28(21-36)23-42-6/h7-8,13-14,16-17,28-29,36-37H,1,9-12,15,18-24H2,2-6H3/b26-8+. The number of benzene rings is 1. The number of rotatable bonds is 21. The molecule has 1 amide bonds. The highest BCUT2D eigenvalue weighted by atomic mass is 16.6. The third-order valence-electron chi connectivity index (χ3n) is 6.49. The number of hydrogen-bond acceptors (Lipinski definition) is 11. The Balaban J connectivity index is 2.52. The van der Waals surface area contributed by atoms with Gasteiger partial charge < -0.3 is 38.8 Å². The first-order valence-corrected chi connectivity index (χ1v) is 15.5. The highest BCUT2D eigenvalue weighted by Gasteiger charge is 2.23. The van der Waals surface area contributed by atoms with Gasteiger partial charge in [-0.05, 0) is 63.7 Å². The van der Waals surface area contributed by atoms with Crippen molar-refractivity contribution < 1.29 is 53.1 Å². The molecule has 1 rings (SSSR count). The van der Waals surface area contributed by atoms with Crippen molar-refractivity contribution >= 4 is 29.6 Å². The van der Waals surface area contributed by atoms with Crippen LogP contribution >= 0.6 is 0 Å². The highest BCUT2D eigenvalue weighted by Crippen LogP contribution is 2.17. The molecule has 0 fully saturated rings. The second-order valence-electron chi connectivity index (χ2n) is 11.5. The average molecular weight is 650 g/mol. The minimum Gasteiger partial charge on any atom is -0.462 e. The Morgan fingerprint density at radius 2 is 1.41 bits per heavy atom. The lowest BCUT2D eigenvalue weighted by Crippen LogP contribution is -2.38. The Bertz CT molecular complexity index is 1120. The summed E-state index contributed by atoms with van der Waals surface area (Å²) in [4.78, 5) is 50.9. The topological polar surface area (TPSA) is 158 Å². The Morgan fingerprint density at radius 1 is 0.870 bits per heavy atom. The summed E-state index contributed by atoms with van der Waals surface area (Å²) in [5.41, 5.74) is 2.26. The maximum atomic E-state index is 12.7. The summed E-state index contributed by atoms with van der Waals surface area (Å²) in [5, 5.41) is 18.9. The van der Waals surface area contributed by atoms with Crippen molar-refractivity contribution in [2.24, 2.45) is 0 Å². The lowest BCUT2D eigenvalue weighted by Gasteiger charge is -2.27. The van der Waals surface area contributed by atoms with E-state index in [0.717, 1.165) is 16.7 Å². The van der Waals surface area contributed by atoms with Crippen LogP contribution in [0.4, 0.5) is 4.79 Å². The van der Waals surface area contributed by atoms with Crippen molar-refractivity contribution in [3.05, 3.63) is 54.1 Å². The van der Waals surface area contributed by atoms with Gasteiger partial charge in [-0.1, -0.05) is 43.0 Å². The van der Waals surface area contributed by atoms with Gasteiger partial charge in [0.15, 0.2) is 6.10 Å². The third-order valence-corrected chi connectivity index (χ3v) is 6.49. The SMILES string of the molecule is C=C/C(=C\C)c1ccc(CCC(=O)OCC(CO)OC(=O)CCCN(CCCC(=O)OC(CO)COC)C(=O)OC(C)(C)C)cc1. The molecule has 0 aliphatic carbocycles. The van der Waals surface area contributed by atoms with Gasteiger partial charge in [0.25, 0.3) is 0 Å². The maximum absolute atomic E-state index is 12.7. The number of ether oxygens (including phenoxy) is 5. The molecular formula is C34H51NO11. The monoisotopic (exact) mass is 649 g/mol. The Hall–Kier alpha value is -3.74. The molecule has 0 radical (unpaired) electrons. The summed E-state index contributed by atoms with van der Waals surface area (Å²) in [6.07, 6.45) is 2.36. The number of hydrogen-bond donors (Lipinski definition) is 2. The quantitative estimate of drug-likeness (QED) is 0.113. The van der Waals surface area contributed by atoms with E-state index in [9.17, 15) is 29.4 Å². The van der Waals surface area contributed by atoms with Crippen LogP contribution in [0.25, 0.3) is 5.57 Å². The first kappa shape index (κ1) is 40.3. The fraction of sp³-hybridized carbons (Fsp3) is 0.588. The van der Waals surface area contributed by atoms with Crippen molar-refractivity contribution in [2.45, 2.75) is 84.0 Å². The Kier molecular flexibility index (Phi) is 19.2. The number of carbonyl (C=O) groups excluding carboxylic acids is 4. The molecular weight excluding hydrogens is 598 g/mol. The molecule has 0 heterocycles. The van der Waals surface area contributed by atoms with E-state index in [1.807, 2.05) is 37.3 Å². The molecule has 12 nitrogen and oxygen atoms in total. The molecule has 2 atom stereocenters. The van der Waals surface area contributed by atoms with Gasteiger partial charge in [0, 0.05) is 39.5 Å². The molecule has 258 valence electrons. The molecule has 0 saturated carbocycles. The first-order chi connectivity index (χ1) is 21.8. The molecule has 1 aromatic carbocycles. The smallest absolute Gasteiger partial charge is 0.410 e. The van der Waals surface area contributed by atoms with Gasteiger partial charge in [0.2, 0.25) is 0 Å². The molecule has 0 aromatic heterocycles. The molecule has 1 aromatic rings. The number of aliphatic hydroxyl groups is 2. The number of amides is 1. The number of carbonyl (C=O) groups is 4. The van der Waals surface area contributed by atoms with Gasteiger partial charge in [-0.2, -0.15) is 0 Å². The zero-order valence-electron chi connectivity index (χ0n) is 27.8. The molecule has 2 unspecified atom stereocenters. The van der Waals surface area contributed by atoms with Crippen LogP contribution in [0.2, 0.25) is 0 Å². The Morgan fingerprint density at radius 3 is 1.87 bits per heavy atom. The van der Waals surface area contributed by atoms with E-state index in [4.69, 9.17) is 23.7 Å². The minimum absolute atomic E-state index is 0.00212. The van der Waals surface area contributed by atoms with Crippen molar-refractivity contribution in [3.63, 3.8) is 0 Å². The lowest BCUT2D eigenvalue weighted by atomic mass is 10.0. The van der Waals surface area contributed by atoms with E-state index in [-0.39, 0.29) is 65.0 Å². The van der Waals surface area contributed by atoms with Crippen molar-refractivity contribution in [2.75, 3.05) is 46.6 Å². The molecule has 0 saturated heterocycles. The van der Waals surface area contributed by atoms with Crippen LogP contribution in [0.1, 0.15) is 70.9 Å².